The molecule has 0 aromatic carbocycles. The fourth-order valence-corrected chi connectivity index (χ4v) is 0.805. The van der Waals surface area contributed by atoms with Gasteiger partial charge in [0.1, 0.15) is 6.04 Å². The van der Waals surface area contributed by atoms with Crippen molar-refractivity contribution < 1.29 is 41.0 Å². The van der Waals surface area contributed by atoms with Crippen LogP contribution in [-0.2, 0) is 9.59 Å². The number of carboxylic acid groups (broad SMARTS) is 1. The summed E-state index contributed by atoms with van der Waals surface area (Å²) in [7, 11) is 0. The van der Waals surface area contributed by atoms with Crippen molar-refractivity contribution in [2.45, 2.75) is 31.2 Å². The van der Waals surface area contributed by atoms with Crippen LogP contribution in [0.3, 0.4) is 0 Å². The fraction of sp³-hybridized carbons (Fsp3) is 0.714. The Kier molecular flexibility index (Phi) is 4.78. The van der Waals surface area contributed by atoms with Gasteiger partial charge in [-0.2, -0.15) is 26.3 Å². The van der Waals surface area contributed by atoms with Crippen LogP contribution in [0, 0.1) is 0 Å². The van der Waals surface area contributed by atoms with Gasteiger partial charge in [0.15, 0.2) is 0 Å². The van der Waals surface area contributed by atoms with Crippen LogP contribution >= 0.6 is 0 Å². The van der Waals surface area contributed by atoms with Crippen molar-refractivity contribution in [1.82, 2.24) is 5.32 Å². The van der Waals surface area contributed by atoms with Gasteiger partial charge in [-0.05, 0) is 6.42 Å². The predicted octanol–water partition coefficient (Wildman–Crippen LogP) is 1.46. The first-order valence-corrected chi connectivity index (χ1v) is 4.10. The van der Waals surface area contributed by atoms with Gasteiger partial charge in [0.2, 0.25) is 0 Å². The molecule has 1 atom stereocenters. The SMILES string of the molecule is O=C(O)C(CCC(F)(F)F)NC(=O)C(F)(F)F. The average molecular weight is 267 g/mol. The summed E-state index contributed by atoms with van der Waals surface area (Å²) < 4.78 is 70.3. The van der Waals surface area contributed by atoms with Gasteiger partial charge in [-0.3, -0.25) is 4.79 Å². The molecule has 0 radical (unpaired) electrons. The Labute approximate surface area is 90.6 Å². The molecule has 4 nitrogen and oxygen atoms in total. The van der Waals surface area contributed by atoms with Crippen molar-refractivity contribution in [3.63, 3.8) is 0 Å². The fourth-order valence-electron chi connectivity index (χ4n) is 0.805. The number of carbonyl (C=O) groups is 2. The van der Waals surface area contributed by atoms with Crippen molar-refractivity contribution in [3.05, 3.63) is 0 Å². The second kappa shape index (κ2) is 5.23. The number of nitrogens with one attached hydrogen (secondary N) is 1. The van der Waals surface area contributed by atoms with Crippen molar-refractivity contribution in [2.24, 2.45) is 0 Å². The third-order valence-electron chi connectivity index (χ3n) is 1.58. The quantitative estimate of drug-likeness (QED) is 0.758. The maximum absolute atomic E-state index is 11.7. The third kappa shape index (κ3) is 6.64. The molecule has 1 amide bonds. The summed E-state index contributed by atoms with van der Waals surface area (Å²) in [6.45, 7) is 0. The highest BCUT2D eigenvalue weighted by Gasteiger charge is 2.41. The van der Waals surface area contributed by atoms with Crippen LogP contribution in [0.5, 0.6) is 0 Å². The lowest BCUT2D eigenvalue weighted by molar-refractivity contribution is -0.176. The summed E-state index contributed by atoms with van der Waals surface area (Å²) in [6.07, 6.45) is -12.8. The predicted molar refractivity (Wildman–Crippen MR) is 40.9 cm³/mol. The maximum atomic E-state index is 11.7. The van der Waals surface area contributed by atoms with E-state index in [1.165, 1.54) is 0 Å². The average Bonchev–Trinajstić information content (AvgIpc) is 2.07. The summed E-state index contributed by atoms with van der Waals surface area (Å²) in [5.74, 6) is -4.56. The van der Waals surface area contributed by atoms with Crippen LogP contribution in [0.1, 0.15) is 12.8 Å². The second-order valence-electron chi connectivity index (χ2n) is 3.02. The molecule has 0 heterocycles. The number of amides is 1. The molecule has 0 aliphatic heterocycles. The Bertz CT molecular complexity index is 297. The van der Waals surface area contributed by atoms with E-state index in [1.807, 2.05) is 0 Å². The Hall–Kier alpha value is -1.48. The zero-order valence-corrected chi connectivity index (χ0v) is 8.02. The van der Waals surface area contributed by atoms with E-state index in [4.69, 9.17) is 5.11 Å². The van der Waals surface area contributed by atoms with Gasteiger partial charge < -0.3 is 10.4 Å². The Morgan fingerprint density at radius 2 is 1.59 bits per heavy atom. The first-order chi connectivity index (χ1) is 7.43. The molecule has 0 aromatic rings. The van der Waals surface area contributed by atoms with Crippen molar-refractivity contribution >= 4 is 11.9 Å². The number of carbonyl (C=O) groups excluding carboxylic acids is 1. The Morgan fingerprint density at radius 3 is 1.88 bits per heavy atom. The minimum atomic E-state index is -5.34. The highest BCUT2D eigenvalue weighted by molar-refractivity contribution is 5.86. The number of halogens is 6. The zero-order chi connectivity index (χ0) is 13.9. The van der Waals surface area contributed by atoms with Gasteiger partial charge in [0.05, 0.1) is 0 Å². The lowest BCUT2D eigenvalue weighted by Gasteiger charge is -2.16. The maximum Gasteiger partial charge on any atom is 0.471 e. The van der Waals surface area contributed by atoms with E-state index < -0.39 is 43.1 Å². The van der Waals surface area contributed by atoms with E-state index in [0.29, 0.717) is 0 Å². The van der Waals surface area contributed by atoms with Crippen molar-refractivity contribution in [3.8, 4) is 0 Å². The third-order valence-corrected chi connectivity index (χ3v) is 1.58. The lowest BCUT2D eigenvalue weighted by atomic mass is 10.1. The monoisotopic (exact) mass is 267 g/mol. The van der Waals surface area contributed by atoms with Gasteiger partial charge in [-0.1, -0.05) is 0 Å². The summed E-state index contributed by atoms with van der Waals surface area (Å²) >= 11 is 0. The van der Waals surface area contributed by atoms with Gasteiger partial charge in [0, 0.05) is 6.42 Å². The van der Waals surface area contributed by atoms with Crippen LogP contribution in [0.25, 0.3) is 0 Å². The summed E-state index contributed by atoms with van der Waals surface area (Å²) in [6, 6.07) is -2.23. The van der Waals surface area contributed by atoms with Crippen LogP contribution < -0.4 is 5.32 Å². The molecule has 0 aliphatic carbocycles. The van der Waals surface area contributed by atoms with Gasteiger partial charge in [0.25, 0.3) is 0 Å². The molecule has 0 fully saturated rings. The van der Waals surface area contributed by atoms with Crippen molar-refractivity contribution in [1.29, 1.82) is 0 Å². The van der Waals surface area contributed by atoms with Gasteiger partial charge in [-0.15, -0.1) is 0 Å². The zero-order valence-electron chi connectivity index (χ0n) is 8.02. The molecule has 0 rings (SSSR count). The van der Waals surface area contributed by atoms with E-state index in [1.54, 1.807) is 0 Å². The first-order valence-electron chi connectivity index (χ1n) is 4.10. The molecule has 17 heavy (non-hydrogen) atoms. The normalized spacial score (nSPS) is 14.2. The molecule has 0 aliphatic rings. The first kappa shape index (κ1) is 15.5. The highest BCUT2D eigenvalue weighted by Crippen LogP contribution is 2.23. The lowest BCUT2D eigenvalue weighted by Crippen LogP contribution is -2.47. The molecule has 0 bridgehead atoms. The minimum Gasteiger partial charge on any atom is -0.480 e. The molecule has 0 spiro atoms. The van der Waals surface area contributed by atoms with E-state index in [-0.39, 0.29) is 0 Å². The van der Waals surface area contributed by atoms with Crippen LogP contribution in [0.2, 0.25) is 0 Å². The largest absolute Gasteiger partial charge is 0.480 e. The van der Waals surface area contributed by atoms with Crippen LogP contribution in [-0.4, -0.2) is 35.4 Å². The number of hydrogen-bond acceptors (Lipinski definition) is 2. The molecular formula is C7H7F6NO3. The molecule has 0 saturated carbocycles. The van der Waals surface area contributed by atoms with Crippen LogP contribution in [0.15, 0.2) is 0 Å². The van der Waals surface area contributed by atoms with Gasteiger partial charge in [-0.25, -0.2) is 4.79 Å². The van der Waals surface area contributed by atoms with E-state index >= 15 is 0 Å². The van der Waals surface area contributed by atoms with Crippen LogP contribution in [0.4, 0.5) is 26.3 Å². The summed E-state index contributed by atoms with van der Waals surface area (Å²) in [5, 5.41) is 9.30. The molecule has 0 aromatic heterocycles. The van der Waals surface area contributed by atoms with Crippen molar-refractivity contribution in [2.75, 3.05) is 0 Å². The number of alkyl halides is 6. The molecular weight excluding hydrogens is 260 g/mol. The molecule has 1 unspecified atom stereocenters. The second-order valence-corrected chi connectivity index (χ2v) is 3.02. The number of carboxylic acids is 1. The van der Waals surface area contributed by atoms with E-state index in [2.05, 4.69) is 0 Å². The minimum absolute atomic E-state index is 0.966. The smallest absolute Gasteiger partial charge is 0.471 e. The standard InChI is InChI=1S/C7H7F6NO3/c8-6(9,10)2-1-3(4(15)16)14-5(17)7(11,12)13/h3H,1-2H2,(H,14,17)(H,15,16). The molecule has 0 saturated heterocycles. The summed E-state index contributed by atoms with van der Waals surface area (Å²) in [5.41, 5.74) is 0. The number of hydrogen-bond donors (Lipinski definition) is 2. The van der Waals surface area contributed by atoms with E-state index in [0.717, 1.165) is 5.32 Å². The topological polar surface area (TPSA) is 66.4 Å². The van der Waals surface area contributed by atoms with E-state index in [9.17, 15) is 35.9 Å². The molecule has 10 heteroatoms. The Balaban J connectivity index is 4.47. The number of aliphatic carboxylic acids is 1. The summed E-state index contributed by atoms with van der Waals surface area (Å²) in [4.78, 5) is 20.7. The highest BCUT2D eigenvalue weighted by atomic mass is 19.4. The number of rotatable bonds is 4. The molecule has 2 N–H and O–H groups in total. The van der Waals surface area contributed by atoms with Gasteiger partial charge >= 0.3 is 24.2 Å². The molecule has 100 valence electrons. The Morgan fingerprint density at radius 1 is 1.12 bits per heavy atom.